The van der Waals surface area contributed by atoms with Crippen LogP contribution in [0.1, 0.15) is 24.1 Å². The summed E-state index contributed by atoms with van der Waals surface area (Å²) in [7, 11) is -2.73. The minimum atomic E-state index is -4.14. The van der Waals surface area contributed by atoms with Gasteiger partial charge in [-0.3, -0.25) is 9.10 Å². The lowest BCUT2D eigenvalue weighted by Gasteiger charge is -2.26. The number of rotatable bonds is 8. The topological polar surface area (TPSA) is 75.7 Å². The lowest BCUT2D eigenvalue weighted by Crippen LogP contribution is -2.41. The maximum atomic E-state index is 13.7. The van der Waals surface area contributed by atoms with E-state index in [1.165, 1.54) is 13.2 Å². The molecule has 0 radical (unpaired) electrons. The molecular weight excluding hydrogens is 528 g/mol. The predicted molar refractivity (Wildman–Crippen MR) is 134 cm³/mol. The fraction of sp³-hybridized carbons (Fsp3) is 0.208. The molecule has 3 aromatic rings. The van der Waals surface area contributed by atoms with Crippen molar-refractivity contribution >= 4 is 49.1 Å². The molecule has 1 unspecified atom stereocenters. The second-order valence-corrected chi connectivity index (χ2v) is 10.7. The molecule has 0 aromatic heterocycles. The molecule has 0 bridgehead atoms. The van der Waals surface area contributed by atoms with Crippen molar-refractivity contribution in [2.45, 2.75) is 24.8 Å². The van der Waals surface area contributed by atoms with E-state index in [1.54, 1.807) is 43.3 Å². The third-order valence-electron chi connectivity index (χ3n) is 5.02. The molecule has 1 atom stereocenters. The molecule has 0 saturated heterocycles. The van der Waals surface area contributed by atoms with Gasteiger partial charge in [-0.15, -0.1) is 0 Å². The van der Waals surface area contributed by atoms with E-state index in [0.29, 0.717) is 10.7 Å². The van der Waals surface area contributed by atoms with Crippen molar-refractivity contribution in [1.29, 1.82) is 0 Å². The van der Waals surface area contributed by atoms with Crippen molar-refractivity contribution in [2.75, 3.05) is 18.0 Å². The molecule has 33 heavy (non-hydrogen) atoms. The van der Waals surface area contributed by atoms with Crippen LogP contribution in [0.2, 0.25) is 5.02 Å². The zero-order valence-electron chi connectivity index (χ0n) is 18.4. The van der Waals surface area contributed by atoms with Gasteiger partial charge in [0.1, 0.15) is 17.2 Å². The molecular formula is C24H24BrClN2O4S. The summed E-state index contributed by atoms with van der Waals surface area (Å²) in [5.74, 6) is -0.255. The molecule has 0 heterocycles. The quantitative estimate of drug-likeness (QED) is 0.402. The number of carbonyl (C=O) groups is 1. The minimum absolute atomic E-state index is 0.0206. The van der Waals surface area contributed by atoms with Crippen LogP contribution in [0, 0.1) is 6.92 Å². The molecule has 3 rings (SSSR count). The average molecular weight is 552 g/mol. The van der Waals surface area contributed by atoms with Gasteiger partial charge in [0, 0.05) is 9.50 Å². The Kier molecular flexibility index (Phi) is 8.05. The van der Waals surface area contributed by atoms with Gasteiger partial charge in [0.05, 0.1) is 18.8 Å². The van der Waals surface area contributed by atoms with Crippen LogP contribution in [0.4, 0.5) is 5.69 Å². The van der Waals surface area contributed by atoms with Crippen LogP contribution in [0.25, 0.3) is 0 Å². The average Bonchev–Trinajstić information content (AvgIpc) is 2.78. The number of amides is 1. The maximum absolute atomic E-state index is 13.7. The SMILES string of the molecule is COc1ccc(C)cc1S(=O)(=O)N(CC(=O)NC(C)c1cccc(Br)c1)c1ccc(Cl)cc1. The van der Waals surface area contributed by atoms with Gasteiger partial charge in [0.25, 0.3) is 10.0 Å². The summed E-state index contributed by atoms with van der Waals surface area (Å²) >= 11 is 9.42. The molecule has 174 valence electrons. The van der Waals surface area contributed by atoms with Crippen molar-refractivity contribution in [1.82, 2.24) is 5.32 Å². The Morgan fingerprint density at radius 3 is 2.45 bits per heavy atom. The summed E-state index contributed by atoms with van der Waals surface area (Å²) in [6.07, 6.45) is 0. The molecule has 0 spiro atoms. The number of nitrogens with zero attached hydrogens (tertiary/aromatic N) is 1. The Morgan fingerprint density at radius 2 is 1.82 bits per heavy atom. The van der Waals surface area contributed by atoms with E-state index >= 15 is 0 Å². The second-order valence-electron chi connectivity index (χ2n) is 7.49. The summed E-state index contributed by atoms with van der Waals surface area (Å²) in [6, 6.07) is 18.4. The normalized spacial score (nSPS) is 12.2. The maximum Gasteiger partial charge on any atom is 0.268 e. The predicted octanol–water partition coefficient (Wildman–Crippen LogP) is 5.49. The summed E-state index contributed by atoms with van der Waals surface area (Å²) in [4.78, 5) is 13.0. The van der Waals surface area contributed by atoms with Gasteiger partial charge in [-0.25, -0.2) is 8.42 Å². The number of ether oxygens (including phenoxy) is 1. The summed E-state index contributed by atoms with van der Waals surface area (Å²) in [5, 5.41) is 3.33. The first-order chi connectivity index (χ1) is 15.6. The molecule has 0 aliphatic carbocycles. The van der Waals surface area contributed by atoms with Crippen LogP contribution in [0.5, 0.6) is 5.75 Å². The van der Waals surface area contributed by atoms with E-state index in [0.717, 1.165) is 19.9 Å². The third kappa shape index (κ3) is 6.07. The number of methoxy groups -OCH3 is 1. The van der Waals surface area contributed by atoms with Crippen LogP contribution in [-0.2, 0) is 14.8 Å². The lowest BCUT2D eigenvalue weighted by atomic mass is 10.1. The fourth-order valence-electron chi connectivity index (χ4n) is 3.30. The van der Waals surface area contributed by atoms with Crippen LogP contribution in [0.3, 0.4) is 0 Å². The third-order valence-corrected chi connectivity index (χ3v) is 7.56. The molecule has 6 nitrogen and oxygen atoms in total. The highest BCUT2D eigenvalue weighted by Gasteiger charge is 2.30. The number of halogens is 2. The number of nitrogens with one attached hydrogen (secondary N) is 1. The Hall–Kier alpha value is -2.55. The lowest BCUT2D eigenvalue weighted by molar-refractivity contribution is -0.120. The number of hydrogen-bond acceptors (Lipinski definition) is 4. The van der Waals surface area contributed by atoms with Crippen LogP contribution in [0.15, 0.2) is 76.1 Å². The van der Waals surface area contributed by atoms with E-state index in [4.69, 9.17) is 16.3 Å². The molecule has 0 aliphatic heterocycles. The molecule has 1 amide bonds. The van der Waals surface area contributed by atoms with Crippen LogP contribution >= 0.6 is 27.5 Å². The van der Waals surface area contributed by atoms with Gasteiger partial charge in [0.2, 0.25) is 5.91 Å². The van der Waals surface area contributed by atoms with E-state index in [-0.39, 0.29) is 16.7 Å². The smallest absolute Gasteiger partial charge is 0.268 e. The van der Waals surface area contributed by atoms with Crippen molar-refractivity contribution in [2.24, 2.45) is 0 Å². The molecule has 3 aromatic carbocycles. The van der Waals surface area contributed by atoms with Crippen molar-refractivity contribution in [3.05, 3.63) is 87.4 Å². The number of carbonyl (C=O) groups excluding carboxylic acids is 1. The first-order valence-corrected chi connectivity index (χ1v) is 12.7. The minimum Gasteiger partial charge on any atom is -0.495 e. The first kappa shape index (κ1) is 25.1. The Labute approximate surface area is 207 Å². The van der Waals surface area contributed by atoms with E-state index in [2.05, 4.69) is 21.2 Å². The fourth-order valence-corrected chi connectivity index (χ4v) is 5.51. The van der Waals surface area contributed by atoms with E-state index in [9.17, 15) is 13.2 Å². The Bertz CT molecular complexity index is 1250. The molecule has 1 N–H and O–H groups in total. The monoisotopic (exact) mass is 550 g/mol. The largest absolute Gasteiger partial charge is 0.495 e. The van der Waals surface area contributed by atoms with Crippen LogP contribution < -0.4 is 14.4 Å². The van der Waals surface area contributed by atoms with Gasteiger partial charge in [-0.05, 0) is 73.5 Å². The molecule has 0 fully saturated rings. The standard InChI is InChI=1S/C24H24BrClN2O4S/c1-16-7-12-22(32-3)23(13-16)33(30,31)28(21-10-8-20(26)9-11-21)15-24(29)27-17(2)18-5-4-6-19(25)14-18/h4-14,17H,15H2,1-3H3,(H,27,29). The summed E-state index contributed by atoms with van der Waals surface area (Å²) < 4.78 is 34.7. The van der Waals surface area contributed by atoms with Crippen molar-refractivity contribution in [3.63, 3.8) is 0 Å². The highest BCUT2D eigenvalue weighted by molar-refractivity contribution is 9.10. The molecule has 0 aliphatic rings. The van der Waals surface area contributed by atoms with Crippen molar-refractivity contribution in [3.8, 4) is 5.75 Å². The molecule has 0 saturated carbocycles. The Morgan fingerprint density at radius 1 is 1.12 bits per heavy atom. The van der Waals surface area contributed by atoms with Gasteiger partial charge in [-0.2, -0.15) is 0 Å². The van der Waals surface area contributed by atoms with Gasteiger partial charge < -0.3 is 10.1 Å². The first-order valence-electron chi connectivity index (χ1n) is 10.1. The number of benzene rings is 3. The number of hydrogen-bond donors (Lipinski definition) is 1. The van der Waals surface area contributed by atoms with Gasteiger partial charge >= 0.3 is 0 Å². The van der Waals surface area contributed by atoms with Gasteiger partial charge in [0.15, 0.2) is 0 Å². The highest BCUT2D eigenvalue weighted by atomic mass is 79.9. The summed E-state index contributed by atoms with van der Waals surface area (Å²) in [6.45, 7) is 3.21. The van der Waals surface area contributed by atoms with Crippen molar-refractivity contribution < 1.29 is 17.9 Å². The highest BCUT2D eigenvalue weighted by Crippen LogP contribution is 2.31. The summed E-state index contributed by atoms with van der Waals surface area (Å²) in [5.41, 5.74) is 1.95. The zero-order valence-corrected chi connectivity index (χ0v) is 21.5. The van der Waals surface area contributed by atoms with E-state index in [1.807, 2.05) is 31.2 Å². The Balaban J connectivity index is 1.96. The van der Waals surface area contributed by atoms with Crippen LogP contribution in [-0.4, -0.2) is 28.0 Å². The number of aryl methyl sites for hydroxylation is 1. The van der Waals surface area contributed by atoms with E-state index < -0.39 is 22.5 Å². The second kappa shape index (κ2) is 10.6. The molecule has 9 heteroatoms. The number of sulfonamides is 1. The number of anilines is 1. The van der Waals surface area contributed by atoms with Gasteiger partial charge in [-0.1, -0.05) is 45.7 Å². The zero-order chi connectivity index (χ0) is 24.2.